The van der Waals surface area contributed by atoms with Gasteiger partial charge in [0.15, 0.2) is 0 Å². The van der Waals surface area contributed by atoms with Gasteiger partial charge in [0.1, 0.15) is 5.75 Å². The number of aromatic hydroxyl groups is 1. The normalized spacial score (nSPS) is 11.4. The fraction of sp³-hybridized carbons (Fsp3) is 0.250. The number of phenols is 1. The van der Waals surface area contributed by atoms with E-state index in [4.69, 9.17) is 0 Å². The Morgan fingerprint density at radius 2 is 1.57 bits per heavy atom. The van der Waals surface area contributed by atoms with Crippen molar-refractivity contribution >= 4 is 15.7 Å². The largest absolute Gasteiger partial charge is 0.508 e. The molecule has 0 aromatic heterocycles. The standard InChI is InChI=1S/C16H19NO3S/c1-10-5-6-11(2)16(7-10)21(19,20)17-14-8-13(4)15(18)9-12(14)3/h5-9,17-18H,1-4H3. The molecule has 0 amide bonds. The first kappa shape index (κ1) is 15.4. The van der Waals surface area contributed by atoms with Crippen molar-refractivity contribution in [1.82, 2.24) is 0 Å². The first-order chi connectivity index (χ1) is 9.70. The Morgan fingerprint density at radius 1 is 0.905 bits per heavy atom. The number of benzene rings is 2. The van der Waals surface area contributed by atoms with Crippen LogP contribution in [0.3, 0.4) is 0 Å². The van der Waals surface area contributed by atoms with Gasteiger partial charge >= 0.3 is 0 Å². The SMILES string of the molecule is Cc1ccc(C)c(S(=O)(=O)Nc2cc(C)c(O)cc2C)c1. The number of sulfonamides is 1. The Bertz CT molecular complexity index is 795. The van der Waals surface area contributed by atoms with E-state index in [0.717, 1.165) is 5.56 Å². The van der Waals surface area contributed by atoms with Gasteiger partial charge in [0.25, 0.3) is 10.0 Å². The Kier molecular flexibility index (Phi) is 3.96. The summed E-state index contributed by atoms with van der Waals surface area (Å²) in [6.45, 7) is 7.10. The lowest BCUT2D eigenvalue weighted by molar-refractivity contribution is 0.471. The molecular weight excluding hydrogens is 286 g/mol. The molecule has 0 spiro atoms. The van der Waals surface area contributed by atoms with Crippen molar-refractivity contribution in [3.05, 3.63) is 52.6 Å². The second-order valence-corrected chi connectivity index (χ2v) is 6.98. The van der Waals surface area contributed by atoms with Crippen LogP contribution in [0.4, 0.5) is 5.69 Å². The number of nitrogens with one attached hydrogen (secondary N) is 1. The number of hydrogen-bond donors (Lipinski definition) is 2. The molecule has 0 bridgehead atoms. The summed E-state index contributed by atoms with van der Waals surface area (Å²) in [5.74, 6) is 0.155. The van der Waals surface area contributed by atoms with E-state index in [0.29, 0.717) is 22.4 Å². The van der Waals surface area contributed by atoms with Gasteiger partial charge in [-0.2, -0.15) is 0 Å². The molecule has 5 heteroatoms. The van der Waals surface area contributed by atoms with Crippen LogP contribution in [0.5, 0.6) is 5.75 Å². The van der Waals surface area contributed by atoms with Crippen molar-refractivity contribution in [3.63, 3.8) is 0 Å². The van der Waals surface area contributed by atoms with E-state index in [1.807, 2.05) is 13.0 Å². The molecule has 0 aliphatic rings. The molecule has 2 aromatic rings. The molecule has 0 saturated carbocycles. The van der Waals surface area contributed by atoms with Crippen molar-refractivity contribution in [2.45, 2.75) is 32.6 Å². The maximum Gasteiger partial charge on any atom is 0.262 e. The van der Waals surface area contributed by atoms with Crippen LogP contribution in [0, 0.1) is 27.7 Å². The second kappa shape index (κ2) is 5.41. The quantitative estimate of drug-likeness (QED) is 0.854. The zero-order chi connectivity index (χ0) is 15.8. The number of hydrogen-bond acceptors (Lipinski definition) is 3. The van der Waals surface area contributed by atoms with Crippen LogP contribution in [-0.2, 0) is 10.0 Å². The van der Waals surface area contributed by atoms with E-state index >= 15 is 0 Å². The van der Waals surface area contributed by atoms with Gasteiger partial charge < -0.3 is 5.11 Å². The van der Waals surface area contributed by atoms with Crippen molar-refractivity contribution in [2.24, 2.45) is 0 Å². The highest BCUT2D eigenvalue weighted by Crippen LogP contribution is 2.27. The molecule has 0 fully saturated rings. The molecule has 112 valence electrons. The zero-order valence-electron chi connectivity index (χ0n) is 12.6. The predicted octanol–water partition coefficient (Wildman–Crippen LogP) is 3.43. The summed E-state index contributed by atoms with van der Waals surface area (Å²) in [6, 6.07) is 8.51. The maximum absolute atomic E-state index is 12.5. The summed E-state index contributed by atoms with van der Waals surface area (Å²) in [6.07, 6.45) is 0. The van der Waals surface area contributed by atoms with E-state index in [-0.39, 0.29) is 10.6 Å². The van der Waals surface area contributed by atoms with E-state index in [1.54, 1.807) is 45.0 Å². The van der Waals surface area contributed by atoms with Crippen LogP contribution in [0.1, 0.15) is 22.3 Å². The Morgan fingerprint density at radius 3 is 2.24 bits per heavy atom. The van der Waals surface area contributed by atoms with Crippen molar-refractivity contribution in [2.75, 3.05) is 4.72 Å². The van der Waals surface area contributed by atoms with E-state index in [2.05, 4.69) is 4.72 Å². The molecule has 0 aliphatic heterocycles. The lowest BCUT2D eigenvalue weighted by atomic mass is 10.1. The molecule has 0 aliphatic carbocycles. The topological polar surface area (TPSA) is 66.4 Å². The molecular formula is C16H19NO3S. The Labute approximate surface area is 125 Å². The molecule has 2 rings (SSSR count). The maximum atomic E-state index is 12.5. The molecule has 2 aromatic carbocycles. The summed E-state index contributed by atoms with van der Waals surface area (Å²) < 4.78 is 27.7. The molecule has 2 N–H and O–H groups in total. The average Bonchev–Trinajstić information content (AvgIpc) is 2.38. The van der Waals surface area contributed by atoms with Gasteiger partial charge in [-0.1, -0.05) is 12.1 Å². The van der Waals surface area contributed by atoms with E-state index in [9.17, 15) is 13.5 Å². The van der Waals surface area contributed by atoms with Gasteiger partial charge in [-0.3, -0.25) is 4.72 Å². The van der Waals surface area contributed by atoms with Gasteiger partial charge in [-0.05, 0) is 68.1 Å². The fourth-order valence-corrected chi connectivity index (χ4v) is 3.56. The highest BCUT2D eigenvalue weighted by molar-refractivity contribution is 7.92. The number of rotatable bonds is 3. The van der Waals surface area contributed by atoms with Crippen LogP contribution in [0.2, 0.25) is 0 Å². The number of anilines is 1. The van der Waals surface area contributed by atoms with Gasteiger partial charge in [0.2, 0.25) is 0 Å². The van der Waals surface area contributed by atoms with Crippen LogP contribution in [0.15, 0.2) is 35.2 Å². The summed E-state index contributed by atoms with van der Waals surface area (Å²) in [4.78, 5) is 0.271. The molecule has 0 heterocycles. The van der Waals surface area contributed by atoms with Gasteiger partial charge in [0.05, 0.1) is 10.6 Å². The molecule has 0 saturated heterocycles. The highest BCUT2D eigenvalue weighted by atomic mass is 32.2. The van der Waals surface area contributed by atoms with Crippen LogP contribution in [-0.4, -0.2) is 13.5 Å². The third kappa shape index (κ3) is 3.19. The lowest BCUT2D eigenvalue weighted by Gasteiger charge is -2.14. The van der Waals surface area contributed by atoms with E-state index < -0.39 is 10.0 Å². The molecule has 0 radical (unpaired) electrons. The molecule has 0 atom stereocenters. The zero-order valence-corrected chi connectivity index (χ0v) is 13.4. The molecule has 21 heavy (non-hydrogen) atoms. The van der Waals surface area contributed by atoms with Crippen LogP contribution >= 0.6 is 0 Å². The Balaban J connectivity index is 2.47. The second-order valence-electron chi connectivity index (χ2n) is 5.33. The first-order valence-corrected chi connectivity index (χ1v) is 8.09. The summed E-state index contributed by atoms with van der Waals surface area (Å²) in [5.41, 5.74) is 3.36. The minimum absolute atomic E-state index is 0.155. The van der Waals surface area contributed by atoms with Gasteiger partial charge in [0, 0.05) is 0 Å². The van der Waals surface area contributed by atoms with E-state index in [1.165, 1.54) is 0 Å². The van der Waals surface area contributed by atoms with Crippen molar-refractivity contribution in [1.29, 1.82) is 0 Å². The smallest absolute Gasteiger partial charge is 0.262 e. The third-order valence-corrected chi connectivity index (χ3v) is 4.93. The Hall–Kier alpha value is -2.01. The van der Waals surface area contributed by atoms with Gasteiger partial charge in [-0.15, -0.1) is 0 Å². The first-order valence-electron chi connectivity index (χ1n) is 6.61. The highest BCUT2D eigenvalue weighted by Gasteiger charge is 2.18. The average molecular weight is 305 g/mol. The monoisotopic (exact) mass is 305 g/mol. The fourth-order valence-electron chi connectivity index (χ4n) is 2.11. The van der Waals surface area contributed by atoms with Gasteiger partial charge in [-0.25, -0.2) is 8.42 Å². The van der Waals surface area contributed by atoms with Crippen LogP contribution in [0.25, 0.3) is 0 Å². The minimum Gasteiger partial charge on any atom is -0.508 e. The van der Waals surface area contributed by atoms with Crippen molar-refractivity contribution < 1.29 is 13.5 Å². The summed E-state index contributed by atoms with van der Waals surface area (Å²) in [7, 11) is -3.65. The molecule has 4 nitrogen and oxygen atoms in total. The van der Waals surface area contributed by atoms with Crippen molar-refractivity contribution in [3.8, 4) is 5.75 Å². The third-order valence-electron chi connectivity index (χ3n) is 3.42. The summed E-state index contributed by atoms with van der Waals surface area (Å²) >= 11 is 0. The lowest BCUT2D eigenvalue weighted by Crippen LogP contribution is -2.15. The number of aryl methyl sites for hydroxylation is 4. The van der Waals surface area contributed by atoms with Crippen LogP contribution < -0.4 is 4.72 Å². The molecule has 0 unspecified atom stereocenters. The number of phenolic OH excluding ortho intramolecular Hbond substituents is 1. The summed E-state index contributed by atoms with van der Waals surface area (Å²) in [5, 5.41) is 9.64. The minimum atomic E-state index is -3.65. The predicted molar refractivity (Wildman–Crippen MR) is 84.3 cm³/mol.